The molecular weight excluding hydrogens is 308 g/mol. The predicted octanol–water partition coefficient (Wildman–Crippen LogP) is 5.97. The van der Waals surface area contributed by atoms with Gasteiger partial charge in [-0.05, 0) is 80.0 Å². The van der Waals surface area contributed by atoms with E-state index in [1.54, 1.807) is 0 Å². The highest BCUT2D eigenvalue weighted by molar-refractivity contribution is 4.97. The number of aliphatic hydroxyl groups excluding tert-OH is 1. The van der Waals surface area contributed by atoms with Crippen LogP contribution in [0.2, 0.25) is 0 Å². The monoisotopic (exact) mass is 350 g/mol. The average Bonchev–Trinajstić information content (AvgIpc) is 2.90. The van der Waals surface area contributed by atoms with E-state index in [1.807, 2.05) is 0 Å². The van der Waals surface area contributed by atoms with E-state index in [0.717, 1.165) is 25.4 Å². The van der Waals surface area contributed by atoms with Crippen molar-refractivity contribution < 1.29 is 9.84 Å². The van der Waals surface area contributed by atoms with E-state index in [0.29, 0.717) is 22.7 Å². The molecule has 0 saturated heterocycles. The molecule has 3 saturated carbocycles. The molecule has 0 radical (unpaired) electrons. The Morgan fingerprint density at radius 2 is 1.56 bits per heavy atom. The van der Waals surface area contributed by atoms with E-state index in [-0.39, 0.29) is 12.2 Å². The van der Waals surface area contributed by atoms with Crippen molar-refractivity contribution in [3.05, 3.63) is 0 Å². The molecule has 2 heteroatoms. The molecule has 3 aliphatic rings. The molecule has 3 rings (SSSR count). The van der Waals surface area contributed by atoms with Gasteiger partial charge < -0.3 is 9.84 Å². The molecule has 0 aromatic rings. The fourth-order valence-electron chi connectivity index (χ4n) is 6.38. The first-order valence-corrected chi connectivity index (χ1v) is 11.1. The van der Waals surface area contributed by atoms with Crippen LogP contribution in [0.1, 0.15) is 98.3 Å². The van der Waals surface area contributed by atoms with Crippen LogP contribution >= 0.6 is 0 Å². The molecule has 0 aromatic heterocycles. The highest BCUT2D eigenvalue weighted by atomic mass is 16.5. The van der Waals surface area contributed by atoms with Crippen LogP contribution in [-0.2, 0) is 4.74 Å². The Bertz CT molecular complexity index is 434. The number of aliphatic hydroxyl groups is 1. The summed E-state index contributed by atoms with van der Waals surface area (Å²) in [5.74, 6) is 2.20. The summed E-state index contributed by atoms with van der Waals surface area (Å²) >= 11 is 0. The van der Waals surface area contributed by atoms with E-state index in [9.17, 15) is 5.11 Å². The maximum atomic E-state index is 10.7. The normalized spacial score (nSPS) is 45.8. The third kappa shape index (κ3) is 4.43. The molecule has 6 atom stereocenters. The lowest BCUT2D eigenvalue weighted by molar-refractivity contribution is -0.121. The molecule has 0 amide bonds. The number of rotatable bonds is 3. The van der Waals surface area contributed by atoms with E-state index < -0.39 is 0 Å². The summed E-state index contributed by atoms with van der Waals surface area (Å²) in [6.07, 6.45) is 14.4. The lowest BCUT2D eigenvalue weighted by Gasteiger charge is -2.48. The Labute approximate surface area is 156 Å². The van der Waals surface area contributed by atoms with E-state index in [2.05, 4.69) is 27.7 Å². The maximum absolute atomic E-state index is 10.7. The largest absolute Gasteiger partial charge is 0.390 e. The molecule has 3 aliphatic carbocycles. The average molecular weight is 351 g/mol. The molecular formula is C23H42O2. The van der Waals surface area contributed by atoms with Crippen LogP contribution in [0.4, 0.5) is 0 Å². The summed E-state index contributed by atoms with van der Waals surface area (Å²) in [5, 5.41) is 10.7. The van der Waals surface area contributed by atoms with Crippen molar-refractivity contribution in [3.63, 3.8) is 0 Å². The van der Waals surface area contributed by atoms with Gasteiger partial charge in [-0.3, -0.25) is 0 Å². The molecule has 0 heterocycles. The van der Waals surface area contributed by atoms with Crippen molar-refractivity contribution in [2.75, 3.05) is 6.61 Å². The van der Waals surface area contributed by atoms with Crippen LogP contribution in [0.5, 0.6) is 0 Å². The van der Waals surface area contributed by atoms with E-state index in [1.165, 1.54) is 57.8 Å². The molecule has 0 spiro atoms. The van der Waals surface area contributed by atoms with Gasteiger partial charge in [-0.25, -0.2) is 0 Å². The fourth-order valence-corrected chi connectivity index (χ4v) is 6.38. The van der Waals surface area contributed by atoms with Crippen molar-refractivity contribution in [1.82, 2.24) is 0 Å². The fraction of sp³-hybridized carbons (Fsp3) is 1.00. The minimum absolute atomic E-state index is 0.0569. The second kappa shape index (κ2) is 7.89. The first kappa shape index (κ1) is 19.7. The third-order valence-electron chi connectivity index (χ3n) is 8.14. The molecule has 0 bridgehead atoms. The molecule has 3 fully saturated rings. The van der Waals surface area contributed by atoms with Crippen LogP contribution < -0.4 is 0 Å². The third-order valence-corrected chi connectivity index (χ3v) is 8.14. The summed E-state index contributed by atoms with van der Waals surface area (Å²) in [4.78, 5) is 0. The summed E-state index contributed by atoms with van der Waals surface area (Å²) in [6, 6.07) is 0. The van der Waals surface area contributed by atoms with Crippen molar-refractivity contribution >= 4 is 0 Å². The van der Waals surface area contributed by atoms with Gasteiger partial charge in [-0.15, -0.1) is 0 Å². The second-order valence-corrected chi connectivity index (χ2v) is 10.7. The topological polar surface area (TPSA) is 29.5 Å². The molecule has 2 nitrogen and oxygen atoms in total. The summed E-state index contributed by atoms with van der Waals surface area (Å²) in [5.41, 5.74) is 0.980. The van der Waals surface area contributed by atoms with Crippen LogP contribution in [0.3, 0.4) is 0 Å². The van der Waals surface area contributed by atoms with E-state index in [4.69, 9.17) is 4.74 Å². The van der Waals surface area contributed by atoms with Gasteiger partial charge in [0.15, 0.2) is 0 Å². The second-order valence-electron chi connectivity index (χ2n) is 10.7. The highest BCUT2D eigenvalue weighted by Gasteiger charge is 2.46. The molecule has 1 N–H and O–H groups in total. The summed E-state index contributed by atoms with van der Waals surface area (Å²) in [7, 11) is 0. The Hall–Kier alpha value is -0.0800. The van der Waals surface area contributed by atoms with Gasteiger partial charge in [0.25, 0.3) is 0 Å². The molecule has 146 valence electrons. The number of hydrogen-bond acceptors (Lipinski definition) is 2. The lowest BCUT2D eigenvalue weighted by atomic mass is 9.60. The van der Waals surface area contributed by atoms with E-state index >= 15 is 0 Å². The molecule has 0 aliphatic heterocycles. The van der Waals surface area contributed by atoms with Crippen molar-refractivity contribution in [2.24, 2.45) is 28.6 Å². The van der Waals surface area contributed by atoms with Gasteiger partial charge >= 0.3 is 0 Å². The quantitative estimate of drug-likeness (QED) is 0.680. The van der Waals surface area contributed by atoms with Gasteiger partial charge in [-0.1, -0.05) is 47.0 Å². The lowest BCUT2D eigenvalue weighted by Crippen LogP contribution is -2.46. The van der Waals surface area contributed by atoms with Crippen LogP contribution in [-0.4, -0.2) is 23.9 Å². The van der Waals surface area contributed by atoms with Gasteiger partial charge in [0.1, 0.15) is 0 Å². The van der Waals surface area contributed by atoms with Crippen LogP contribution in [0, 0.1) is 28.6 Å². The van der Waals surface area contributed by atoms with Crippen LogP contribution in [0.25, 0.3) is 0 Å². The Balaban J connectivity index is 1.67. The Morgan fingerprint density at radius 1 is 0.920 bits per heavy atom. The molecule has 6 unspecified atom stereocenters. The van der Waals surface area contributed by atoms with Gasteiger partial charge in [0, 0.05) is 6.61 Å². The SMILES string of the molecule is CC(C)COC1CC2(C)CCCC3(C)CCCC3CCCC2CC1O. The Kier molecular flexibility index (Phi) is 6.21. The maximum Gasteiger partial charge on any atom is 0.0839 e. The minimum Gasteiger partial charge on any atom is -0.390 e. The highest BCUT2D eigenvalue weighted by Crippen LogP contribution is 2.54. The zero-order valence-corrected chi connectivity index (χ0v) is 17.2. The predicted molar refractivity (Wildman–Crippen MR) is 105 cm³/mol. The zero-order chi connectivity index (χ0) is 18.1. The summed E-state index contributed by atoms with van der Waals surface area (Å²) < 4.78 is 6.14. The molecule has 25 heavy (non-hydrogen) atoms. The first-order chi connectivity index (χ1) is 11.8. The number of ether oxygens (including phenoxy) is 1. The Morgan fingerprint density at radius 3 is 2.32 bits per heavy atom. The first-order valence-electron chi connectivity index (χ1n) is 11.1. The number of hydrogen-bond donors (Lipinski definition) is 1. The van der Waals surface area contributed by atoms with Gasteiger partial charge in [0.05, 0.1) is 12.2 Å². The molecule has 0 aromatic carbocycles. The zero-order valence-electron chi connectivity index (χ0n) is 17.2. The standard InChI is InChI=1S/C23H42O2/c1-17(2)16-25-21-15-23(4)13-7-12-22(3)11-6-10-18(22)8-5-9-19(23)14-20(21)24/h17-21,24H,5-16H2,1-4H3. The van der Waals surface area contributed by atoms with Crippen molar-refractivity contribution in [2.45, 2.75) is 111 Å². The minimum atomic E-state index is -0.253. The van der Waals surface area contributed by atoms with Crippen LogP contribution in [0.15, 0.2) is 0 Å². The van der Waals surface area contributed by atoms with Crippen molar-refractivity contribution in [1.29, 1.82) is 0 Å². The smallest absolute Gasteiger partial charge is 0.0839 e. The van der Waals surface area contributed by atoms with Gasteiger partial charge in [-0.2, -0.15) is 0 Å². The van der Waals surface area contributed by atoms with Crippen molar-refractivity contribution in [3.8, 4) is 0 Å². The number of fused-ring (bicyclic) bond motifs is 2. The van der Waals surface area contributed by atoms with Gasteiger partial charge in [0.2, 0.25) is 0 Å². The summed E-state index contributed by atoms with van der Waals surface area (Å²) in [6.45, 7) is 10.3.